The van der Waals surface area contributed by atoms with Crippen molar-refractivity contribution in [1.29, 1.82) is 0 Å². The molecule has 0 N–H and O–H groups in total. The first-order valence-corrected chi connectivity index (χ1v) is 15.7. The van der Waals surface area contributed by atoms with Gasteiger partial charge in [-0.2, -0.15) is 0 Å². The highest BCUT2D eigenvalue weighted by Crippen LogP contribution is 2.45. The molecular formula is C43H25N3O. The lowest BCUT2D eigenvalue weighted by Crippen LogP contribution is -1.97. The normalized spacial score (nSPS) is 11.8. The fourth-order valence-corrected chi connectivity index (χ4v) is 7.55. The van der Waals surface area contributed by atoms with Crippen molar-refractivity contribution >= 4 is 71.2 Å². The highest BCUT2D eigenvalue weighted by Gasteiger charge is 2.22. The fourth-order valence-electron chi connectivity index (χ4n) is 7.55. The van der Waals surface area contributed by atoms with Crippen molar-refractivity contribution in [1.82, 2.24) is 9.13 Å². The van der Waals surface area contributed by atoms with E-state index in [1.54, 1.807) is 0 Å². The maximum absolute atomic E-state index is 7.90. The first-order valence-electron chi connectivity index (χ1n) is 15.7. The van der Waals surface area contributed by atoms with E-state index < -0.39 is 0 Å². The van der Waals surface area contributed by atoms with Gasteiger partial charge in [-0.05, 0) is 54.1 Å². The number of nitrogens with zero attached hydrogens (tertiary/aromatic N) is 3. The monoisotopic (exact) mass is 599 g/mol. The van der Waals surface area contributed by atoms with E-state index in [4.69, 9.17) is 11.0 Å². The number of rotatable bonds is 3. The lowest BCUT2D eigenvalue weighted by atomic mass is 9.99. The molecular weight excluding hydrogens is 574 g/mol. The molecule has 0 amide bonds. The smallest absolute Gasteiger partial charge is 0.188 e. The molecule has 47 heavy (non-hydrogen) atoms. The van der Waals surface area contributed by atoms with Gasteiger partial charge in [-0.15, -0.1) is 0 Å². The maximum atomic E-state index is 7.90. The molecule has 0 saturated carbocycles. The molecule has 4 heteroatoms. The molecule has 3 aromatic heterocycles. The molecule has 0 unspecified atom stereocenters. The minimum atomic E-state index is 0.587. The van der Waals surface area contributed by atoms with Crippen LogP contribution in [-0.2, 0) is 0 Å². The van der Waals surface area contributed by atoms with Gasteiger partial charge in [0.2, 0.25) is 0 Å². The third-order valence-electron chi connectivity index (χ3n) is 9.53. The molecule has 10 aromatic rings. The minimum Gasteiger partial charge on any atom is -0.453 e. The molecule has 10 rings (SSSR count). The number of benzene rings is 7. The van der Waals surface area contributed by atoms with Gasteiger partial charge < -0.3 is 13.6 Å². The lowest BCUT2D eigenvalue weighted by Gasteiger charge is -2.15. The molecule has 218 valence electrons. The summed E-state index contributed by atoms with van der Waals surface area (Å²) in [6.07, 6.45) is 0. The molecule has 3 heterocycles. The zero-order valence-corrected chi connectivity index (χ0v) is 25.2. The molecule has 0 radical (unpaired) electrons. The van der Waals surface area contributed by atoms with E-state index in [0.29, 0.717) is 5.69 Å². The van der Waals surface area contributed by atoms with Crippen molar-refractivity contribution in [2.24, 2.45) is 0 Å². The quantitative estimate of drug-likeness (QED) is 0.186. The summed E-state index contributed by atoms with van der Waals surface area (Å²) < 4.78 is 11.7. The Kier molecular flexibility index (Phi) is 5.32. The van der Waals surface area contributed by atoms with E-state index in [9.17, 15) is 0 Å². The third-order valence-corrected chi connectivity index (χ3v) is 9.53. The van der Waals surface area contributed by atoms with E-state index in [0.717, 1.165) is 71.9 Å². The Morgan fingerprint density at radius 2 is 1.02 bits per heavy atom. The summed E-state index contributed by atoms with van der Waals surface area (Å²) in [6, 6.07) is 52.9. The maximum Gasteiger partial charge on any atom is 0.188 e. The van der Waals surface area contributed by atoms with Crippen molar-refractivity contribution in [2.45, 2.75) is 0 Å². The summed E-state index contributed by atoms with van der Waals surface area (Å²) in [5.41, 5.74) is 10.7. The van der Waals surface area contributed by atoms with Crippen LogP contribution in [0.4, 0.5) is 5.69 Å². The first-order chi connectivity index (χ1) is 23.3. The van der Waals surface area contributed by atoms with Crippen LogP contribution in [0.3, 0.4) is 0 Å². The minimum absolute atomic E-state index is 0.587. The Hall–Kier alpha value is -6.57. The Balaban J connectivity index is 1.33. The topological polar surface area (TPSA) is 27.4 Å². The summed E-state index contributed by atoms with van der Waals surface area (Å²) in [6.45, 7) is 7.90. The van der Waals surface area contributed by atoms with Crippen LogP contribution in [0.15, 0.2) is 156 Å². The van der Waals surface area contributed by atoms with Crippen LogP contribution < -0.4 is 0 Å². The number of fused-ring (bicyclic) bond motifs is 10. The predicted molar refractivity (Wildman–Crippen MR) is 194 cm³/mol. The predicted octanol–water partition coefficient (Wildman–Crippen LogP) is 12.0. The van der Waals surface area contributed by atoms with Gasteiger partial charge in [-0.1, -0.05) is 103 Å². The second-order valence-corrected chi connectivity index (χ2v) is 12.0. The molecule has 0 aliphatic rings. The van der Waals surface area contributed by atoms with Gasteiger partial charge >= 0.3 is 0 Å². The van der Waals surface area contributed by atoms with Gasteiger partial charge in [0.1, 0.15) is 5.58 Å². The molecule has 0 spiro atoms. The Morgan fingerprint density at radius 1 is 0.447 bits per heavy atom. The van der Waals surface area contributed by atoms with E-state index in [2.05, 4.69) is 147 Å². The van der Waals surface area contributed by atoms with Gasteiger partial charge in [-0.3, -0.25) is 0 Å². The van der Waals surface area contributed by atoms with Gasteiger partial charge in [0.05, 0.1) is 34.3 Å². The number of para-hydroxylation sites is 5. The van der Waals surface area contributed by atoms with Crippen LogP contribution in [0, 0.1) is 6.57 Å². The largest absolute Gasteiger partial charge is 0.453 e. The van der Waals surface area contributed by atoms with Crippen molar-refractivity contribution in [3.05, 3.63) is 163 Å². The highest BCUT2D eigenvalue weighted by molar-refractivity contribution is 6.22. The summed E-state index contributed by atoms with van der Waals surface area (Å²) >= 11 is 0. The molecule has 0 atom stereocenters. The summed E-state index contributed by atoms with van der Waals surface area (Å²) in [7, 11) is 0. The van der Waals surface area contributed by atoms with Crippen LogP contribution in [0.5, 0.6) is 0 Å². The molecule has 0 aliphatic heterocycles. The van der Waals surface area contributed by atoms with Gasteiger partial charge in [0, 0.05) is 43.6 Å². The number of furan rings is 1. The molecule has 0 aliphatic carbocycles. The van der Waals surface area contributed by atoms with Crippen molar-refractivity contribution in [3.8, 4) is 22.5 Å². The second kappa shape index (κ2) is 9.71. The van der Waals surface area contributed by atoms with E-state index in [-0.39, 0.29) is 0 Å². The summed E-state index contributed by atoms with van der Waals surface area (Å²) in [5, 5.41) is 6.84. The molecule has 0 saturated heterocycles. The second-order valence-electron chi connectivity index (χ2n) is 12.0. The molecule has 0 fully saturated rings. The number of aromatic nitrogens is 2. The van der Waals surface area contributed by atoms with Gasteiger partial charge in [-0.25, -0.2) is 4.85 Å². The summed E-state index contributed by atoms with van der Waals surface area (Å²) in [4.78, 5) is 3.84. The molecule has 7 aromatic carbocycles. The van der Waals surface area contributed by atoms with Crippen molar-refractivity contribution in [2.75, 3.05) is 0 Å². The van der Waals surface area contributed by atoms with Crippen molar-refractivity contribution < 1.29 is 4.42 Å². The highest BCUT2D eigenvalue weighted by atomic mass is 16.3. The van der Waals surface area contributed by atoms with E-state index >= 15 is 0 Å². The van der Waals surface area contributed by atoms with E-state index in [1.807, 2.05) is 18.2 Å². The Labute approximate surface area is 269 Å². The molecule has 0 bridgehead atoms. The molecule has 4 nitrogen and oxygen atoms in total. The SMILES string of the molecule is [C-]#[N+]c1ccc(-n2c3ccccc3c3ccccc32)c(-c2cccc3c2oc2c3ccc3c4ccccc4n(-c4ccccc4)c32)c1. The van der Waals surface area contributed by atoms with Crippen LogP contribution in [0.1, 0.15) is 0 Å². The summed E-state index contributed by atoms with van der Waals surface area (Å²) in [5.74, 6) is 0. The zero-order valence-electron chi connectivity index (χ0n) is 25.2. The first kappa shape index (κ1) is 25.7. The standard InChI is InChI=1S/C43H25N3O/c1-44-27-22-25-40(46-38-20-9-5-14-29(38)30-15-6-10-21-39(30)46)36(26-27)34-18-11-17-33-35-24-23-32-31-16-7-8-19-37(31)45(28-12-3-2-4-13-28)41(32)43(35)47-42(33)34/h2-26H. The zero-order chi connectivity index (χ0) is 31.1. The fraction of sp³-hybridized carbons (Fsp3) is 0. The Morgan fingerprint density at radius 3 is 1.72 bits per heavy atom. The average molecular weight is 600 g/mol. The average Bonchev–Trinajstić information content (AvgIpc) is 3.80. The third kappa shape index (κ3) is 3.57. The van der Waals surface area contributed by atoms with E-state index in [1.165, 1.54) is 16.2 Å². The van der Waals surface area contributed by atoms with Crippen LogP contribution in [-0.4, -0.2) is 9.13 Å². The lowest BCUT2D eigenvalue weighted by molar-refractivity contribution is 0.672. The van der Waals surface area contributed by atoms with Crippen LogP contribution in [0.2, 0.25) is 0 Å². The van der Waals surface area contributed by atoms with Crippen molar-refractivity contribution in [3.63, 3.8) is 0 Å². The van der Waals surface area contributed by atoms with Gasteiger partial charge in [0.15, 0.2) is 11.3 Å². The number of hydrogen-bond donors (Lipinski definition) is 0. The van der Waals surface area contributed by atoms with Crippen LogP contribution >= 0.6 is 0 Å². The Bertz CT molecular complexity index is 2860. The number of hydrogen-bond acceptors (Lipinski definition) is 1. The van der Waals surface area contributed by atoms with Gasteiger partial charge in [0.25, 0.3) is 0 Å². The van der Waals surface area contributed by atoms with Crippen LogP contribution in [0.25, 0.3) is 92.9 Å².